The van der Waals surface area contributed by atoms with Crippen LogP contribution in [0.15, 0.2) is 58.6 Å². The molecular weight excluding hydrogens is 542 g/mol. The fraction of sp³-hybridized carbons (Fsp3) is 0.273. The molecule has 1 fully saturated rings. The number of thiazole rings is 1. The van der Waals surface area contributed by atoms with E-state index in [1.54, 1.807) is 0 Å². The highest BCUT2D eigenvalue weighted by Crippen LogP contribution is 2.40. The van der Waals surface area contributed by atoms with E-state index in [1.807, 2.05) is 45.8 Å². The number of alkyl halides is 1. The predicted molar refractivity (Wildman–Crippen MR) is 134 cm³/mol. The number of oxime groups is 1. The number of hydrogen-bond acceptors (Lipinski definition) is 10. The first-order valence-electron chi connectivity index (χ1n) is 11.0. The van der Waals surface area contributed by atoms with E-state index in [0.717, 1.165) is 17.0 Å². The van der Waals surface area contributed by atoms with E-state index in [9.17, 15) is 19.5 Å². The second-order valence-electron chi connectivity index (χ2n) is 8.03. The summed E-state index contributed by atoms with van der Waals surface area (Å²) in [7, 11) is 0. The molecule has 5 rings (SSSR count). The summed E-state index contributed by atoms with van der Waals surface area (Å²) < 4.78 is 3.80. The van der Waals surface area contributed by atoms with E-state index in [1.165, 1.54) is 22.0 Å². The lowest BCUT2D eigenvalue weighted by Crippen LogP contribution is -2.71. The van der Waals surface area contributed by atoms with Crippen molar-refractivity contribution in [2.45, 2.75) is 18.0 Å². The third-order valence-electron chi connectivity index (χ3n) is 5.76. The second-order valence-corrected chi connectivity index (χ2v) is 10.4. The number of amides is 2. The van der Waals surface area contributed by atoms with Crippen LogP contribution in [0, 0.1) is 0 Å². The molecule has 1 saturated heterocycles. The first-order valence-corrected chi connectivity index (χ1v) is 13.5. The van der Waals surface area contributed by atoms with E-state index in [2.05, 4.69) is 15.5 Å². The minimum absolute atomic E-state index is 0.0598. The highest BCUT2D eigenvalue weighted by atomic mass is 35.5. The number of carboxylic acid groups (broad SMARTS) is 1. The largest absolute Gasteiger partial charge is 0.543 e. The van der Waals surface area contributed by atoms with Gasteiger partial charge in [0.25, 0.3) is 17.5 Å². The summed E-state index contributed by atoms with van der Waals surface area (Å²) in [6, 6.07) is 4.71. The molecule has 3 aromatic heterocycles. The molecule has 2 amide bonds. The van der Waals surface area contributed by atoms with Gasteiger partial charge in [0.1, 0.15) is 42.7 Å². The van der Waals surface area contributed by atoms with Crippen LogP contribution in [0.5, 0.6) is 0 Å². The Morgan fingerprint density at radius 3 is 2.95 bits per heavy atom. The van der Waals surface area contributed by atoms with Crippen molar-refractivity contribution in [2.75, 3.05) is 24.0 Å². The number of nitrogens with one attached hydrogen (secondary N) is 1. The van der Waals surface area contributed by atoms with E-state index in [-0.39, 0.29) is 41.3 Å². The lowest BCUT2D eigenvalue weighted by molar-refractivity contribution is -0.662. The van der Waals surface area contributed by atoms with Gasteiger partial charge in [0.05, 0.1) is 23.7 Å². The van der Waals surface area contributed by atoms with Crippen LogP contribution in [0.2, 0.25) is 0 Å². The minimum atomic E-state index is -1.45. The molecule has 2 atom stereocenters. The number of nitrogen functional groups attached to an aromatic ring is 1. The third kappa shape index (κ3) is 4.74. The SMILES string of the molecule is Nc1nc(/C(=N/OCCCl)C(=O)N[C@@H]2C(=O)N3C(C(=O)[O-])=C(C[n+]4ccn5ccccc54)CS[C@@H]23)cs1. The molecule has 0 unspecified atom stereocenters. The van der Waals surface area contributed by atoms with E-state index in [4.69, 9.17) is 22.2 Å². The number of imidazole rings is 1. The normalized spacial score (nSPS) is 19.5. The highest BCUT2D eigenvalue weighted by Gasteiger charge is 2.53. The van der Waals surface area contributed by atoms with Crippen LogP contribution in [-0.2, 0) is 25.8 Å². The number of aliphatic carboxylic acids is 1. The van der Waals surface area contributed by atoms with E-state index < -0.39 is 29.2 Å². The maximum atomic E-state index is 13.1. The summed E-state index contributed by atoms with van der Waals surface area (Å²) in [5, 5.41) is 19.7. The van der Waals surface area contributed by atoms with Gasteiger partial charge in [-0.25, -0.2) is 14.0 Å². The second kappa shape index (κ2) is 10.4. The Labute approximate surface area is 223 Å². The number of halogens is 1. The molecule has 2 aliphatic rings. The van der Waals surface area contributed by atoms with Crippen molar-refractivity contribution in [2.24, 2.45) is 5.16 Å². The van der Waals surface area contributed by atoms with Crippen LogP contribution in [0.3, 0.4) is 0 Å². The van der Waals surface area contributed by atoms with Gasteiger partial charge in [0, 0.05) is 22.8 Å². The van der Waals surface area contributed by atoms with Crippen LogP contribution >= 0.6 is 34.7 Å². The zero-order chi connectivity index (χ0) is 26.1. The first kappa shape index (κ1) is 25.0. The summed E-state index contributed by atoms with van der Waals surface area (Å²) in [6.07, 6.45) is 5.58. The van der Waals surface area contributed by atoms with Crippen molar-refractivity contribution in [1.82, 2.24) is 19.6 Å². The summed E-state index contributed by atoms with van der Waals surface area (Å²) >= 11 is 8.08. The number of carbonyl (C=O) groups excluding carboxylic acids is 3. The zero-order valence-corrected chi connectivity index (χ0v) is 21.5. The van der Waals surface area contributed by atoms with Crippen molar-refractivity contribution < 1.29 is 28.9 Å². The van der Waals surface area contributed by atoms with Gasteiger partial charge in [-0.15, -0.1) is 34.7 Å². The molecule has 5 heterocycles. The molecular formula is C22H20ClN7O5S2. The number of carboxylic acids is 1. The third-order valence-corrected chi connectivity index (χ3v) is 7.93. The smallest absolute Gasteiger partial charge is 0.286 e. The van der Waals surface area contributed by atoms with E-state index in [0.29, 0.717) is 11.3 Å². The molecule has 0 radical (unpaired) electrons. The Morgan fingerprint density at radius 2 is 2.22 bits per heavy atom. The van der Waals surface area contributed by atoms with Crippen molar-refractivity contribution >= 4 is 69.0 Å². The Morgan fingerprint density at radius 1 is 1.38 bits per heavy atom. The van der Waals surface area contributed by atoms with Crippen LogP contribution in [0.1, 0.15) is 5.69 Å². The molecule has 37 heavy (non-hydrogen) atoms. The Balaban J connectivity index is 1.36. The Bertz CT molecular complexity index is 1450. The van der Waals surface area contributed by atoms with Crippen LogP contribution in [0.25, 0.3) is 5.65 Å². The summed E-state index contributed by atoms with van der Waals surface area (Å²) in [5.41, 5.74) is 6.93. The minimum Gasteiger partial charge on any atom is -0.543 e. The van der Waals surface area contributed by atoms with Crippen molar-refractivity contribution in [1.29, 1.82) is 0 Å². The molecule has 0 saturated carbocycles. The molecule has 2 aliphatic heterocycles. The fourth-order valence-electron chi connectivity index (χ4n) is 4.13. The van der Waals surface area contributed by atoms with Crippen molar-refractivity contribution in [3.8, 4) is 0 Å². The summed E-state index contributed by atoms with van der Waals surface area (Å²) in [5.74, 6) is -2.22. The van der Waals surface area contributed by atoms with Gasteiger partial charge in [-0.05, 0) is 6.07 Å². The number of rotatable bonds is 9. The van der Waals surface area contributed by atoms with Crippen molar-refractivity contribution in [3.05, 3.63) is 59.1 Å². The highest BCUT2D eigenvalue weighted by molar-refractivity contribution is 8.00. The standard InChI is InChI=1S/C22H20ClN7O5S2/c23-4-8-35-27-15(13-11-37-22(24)25-13)18(31)26-16-19(32)30-17(21(33)34)12(10-36-20(16)30)9-29-7-6-28-5-2-1-3-14(28)29/h1-3,5-7,11,16,20H,4,8-10H2,(H3-,24,25,26,31,33,34)/b27-15-/t16-,20+/m1/s1. The van der Waals surface area contributed by atoms with Crippen LogP contribution < -0.4 is 20.7 Å². The monoisotopic (exact) mass is 561 g/mol. The van der Waals surface area contributed by atoms with Crippen LogP contribution in [0.4, 0.5) is 5.13 Å². The van der Waals surface area contributed by atoms with Gasteiger partial charge < -0.3 is 25.8 Å². The van der Waals surface area contributed by atoms with Gasteiger partial charge in [-0.3, -0.25) is 14.5 Å². The molecule has 0 aliphatic carbocycles. The van der Waals surface area contributed by atoms with E-state index >= 15 is 0 Å². The molecule has 0 spiro atoms. The van der Waals surface area contributed by atoms with Gasteiger partial charge >= 0.3 is 0 Å². The Kier molecular flexibility index (Phi) is 7.04. The molecule has 3 N–H and O–H groups in total. The van der Waals surface area contributed by atoms with Crippen LogP contribution in [-0.4, -0.2) is 67.4 Å². The molecule has 0 aromatic carbocycles. The number of aromatic nitrogens is 3. The average Bonchev–Trinajstić information content (AvgIpc) is 3.50. The Hall–Kier alpha value is -3.62. The lowest BCUT2D eigenvalue weighted by atomic mass is 10.0. The first-order chi connectivity index (χ1) is 17.9. The number of nitrogens with zero attached hydrogens (tertiary/aromatic N) is 5. The van der Waals surface area contributed by atoms with Gasteiger partial charge in [-0.1, -0.05) is 11.2 Å². The van der Waals surface area contributed by atoms with Crippen molar-refractivity contribution in [3.63, 3.8) is 0 Å². The molecule has 12 nitrogen and oxygen atoms in total. The summed E-state index contributed by atoms with van der Waals surface area (Å²) in [6.45, 7) is 0.328. The number of anilines is 1. The maximum Gasteiger partial charge on any atom is 0.286 e. The molecule has 3 aromatic rings. The van der Waals surface area contributed by atoms with Gasteiger partial charge in [-0.2, -0.15) is 0 Å². The molecule has 15 heteroatoms. The number of thioether (sulfide) groups is 1. The van der Waals surface area contributed by atoms with Gasteiger partial charge in [0.15, 0.2) is 10.8 Å². The number of nitrogens with two attached hydrogens (primary N) is 1. The van der Waals surface area contributed by atoms with Gasteiger partial charge in [0.2, 0.25) is 0 Å². The predicted octanol–water partition coefficient (Wildman–Crippen LogP) is -0.671. The number of β-lactam (4-membered cyclic amide) rings is 1. The quantitative estimate of drug-likeness (QED) is 0.0869. The fourth-order valence-corrected chi connectivity index (χ4v) is 6.09. The zero-order valence-electron chi connectivity index (χ0n) is 19.1. The average molecular weight is 562 g/mol. The maximum absolute atomic E-state index is 13.1. The number of fused-ring (bicyclic) bond motifs is 2. The molecule has 0 bridgehead atoms. The number of carbonyl (C=O) groups is 3. The topological polar surface area (TPSA) is 158 Å². The summed E-state index contributed by atoms with van der Waals surface area (Å²) in [4.78, 5) is 48.5. The number of hydrogen-bond donors (Lipinski definition) is 2. The molecule has 192 valence electrons. The number of pyridine rings is 1. The lowest BCUT2D eigenvalue weighted by Gasteiger charge is -2.50.